The Hall–Kier alpha value is -3.18. The first-order valence-electron chi connectivity index (χ1n) is 10.4. The van der Waals surface area contributed by atoms with Crippen molar-refractivity contribution in [2.45, 2.75) is 17.4 Å². The van der Waals surface area contributed by atoms with E-state index in [-0.39, 0.29) is 23.0 Å². The Bertz CT molecular complexity index is 1190. The van der Waals surface area contributed by atoms with Crippen molar-refractivity contribution in [2.24, 2.45) is 0 Å². The van der Waals surface area contributed by atoms with E-state index >= 15 is 0 Å². The van der Waals surface area contributed by atoms with E-state index in [1.807, 2.05) is 0 Å². The molecule has 1 aliphatic rings. The minimum Gasteiger partial charge on any atom is -0.612 e. The predicted molar refractivity (Wildman–Crippen MR) is 130 cm³/mol. The molecule has 1 unspecified atom stereocenters. The fraction of sp³-hybridized carbons (Fsp3) is 0.217. The monoisotopic (exact) mass is 499 g/mol. The van der Waals surface area contributed by atoms with E-state index < -0.39 is 23.0 Å². The summed E-state index contributed by atoms with van der Waals surface area (Å²) in [6.07, 6.45) is 5.12. The number of amides is 2. The number of halogens is 1. The van der Waals surface area contributed by atoms with Gasteiger partial charge in [0.05, 0.1) is 16.3 Å². The zero-order valence-corrected chi connectivity index (χ0v) is 19.8. The van der Waals surface area contributed by atoms with Crippen LogP contribution < -0.4 is 20.7 Å². The molecule has 9 nitrogen and oxygen atoms in total. The molecule has 3 aromatic rings. The van der Waals surface area contributed by atoms with Gasteiger partial charge in [-0.2, -0.15) is 0 Å². The van der Waals surface area contributed by atoms with Gasteiger partial charge in [-0.05, 0) is 60.5 Å². The molecule has 4 rings (SSSR count). The molecule has 2 atom stereocenters. The third-order valence-corrected chi connectivity index (χ3v) is 6.22. The molecule has 11 heteroatoms. The second kappa shape index (κ2) is 10.8. The van der Waals surface area contributed by atoms with Crippen molar-refractivity contribution < 1.29 is 18.9 Å². The van der Waals surface area contributed by atoms with Crippen molar-refractivity contribution in [3.8, 4) is 5.75 Å². The summed E-state index contributed by atoms with van der Waals surface area (Å²) in [6, 6.07) is 11.1. The van der Waals surface area contributed by atoms with E-state index in [4.69, 9.17) is 16.3 Å². The number of anilines is 2. The van der Waals surface area contributed by atoms with Gasteiger partial charge in [0.25, 0.3) is 11.8 Å². The number of hydrogen-bond acceptors (Lipinski definition) is 7. The summed E-state index contributed by atoms with van der Waals surface area (Å²) in [7, 11) is 0. The van der Waals surface area contributed by atoms with Crippen LogP contribution in [0.3, 0.4) is 0 Å². The molecule has 0 aliphatic carbocycles. The molecule has 0 spiro atoms. The molecule has 0 radical (unpaired) electrons. The van der Waals surface area contributed by atoms with Crippen LogP contribution in [-0.4, -0.2) is 51.8 Å². The van der Waals surface area contributed by atoms with Gasteiger partial charge >= 0.3 is 0 Å². The van der Waals surface area contributed by atoms with Crippen LogP contribution in [0.15, 0.2) is 59.8 Å². The third-order valence-electron chi connectivity index (χ3n) is 5.08. The highest BCUT2D eigenvalue weighted by Crippen LogP contribution is 2.27. The normalized spacial score (nSPS) is 16.0. The second-order valence-corrected chi connectivity index (χ2v) is 9.33. The first-order chi connectivity index (χ1) is 16.4. The summed E-state index contributed by atoms with van der Waals surface area (Å²) in [4.78, 5) is 34.7. The van der Waals surface area contributed by atoms with Crippen molar-refractivity contribution in [3.05, 3.63) is 71.1 Å². The summed E-state index contributed by atoms with van der Waals surface area (Å²) in [5, 5.41) is 9.02. The Balaban J connectivity index is 1.57. The number of pyridine rings is 2. The maximum absolute atomic E-state index is 13.2. The number of carbonyl (C=O) groups is 2. The van der Waals surface area contributed by atoms with Gasteiger partial charge in [0, 0.05) is 25.0 Å². The van der Waals surface area contributed by atoms with Gasteiger partial charge < -0.3 is 25.2 Å². The van der Waals surface area contributed by atoms with Gasteiger partial charge in [-0.25, -0.2) is 9.97 Å². The first-order valence-corrected chi connectivity index (χ1v) is 12.4. The molecule has 2 aromatic heterocycles. The maximum atomic E-state index is 13.2. The van der Waals surface area contributed by atoms with E-state index in [0.717, 1.165) is 13.0 Å². The van der Waals surface area contributed by atoms with Crippen LogP contribution in [0.2, 0.25) is 5.02 Å². The van der Waals surface area contributed by atoms with Gasteiger partial charge in [0.15, 0.2) is 10.6 Å². The highest BCUT2D eigenvalue weighted by atomic mass is 35.5. The largest absolute Gasteiger partial charge is 0.612 e. The molecular weight excluding hydrogens is 478 g/mol. The Morgan fingerprint density at radius 2 is 2.03 bits per heavy atom. The lowest BCUT2D eigenvalue weighted by Gasteiger charge is -2.17. The number of ether oxygens (including phenoxy) is 1. The van der Waals surface area contributed by atoms with E-state index in [2.05, 4.69) is 25.9 Å². The summed E-state index contributed by atoms with van der Waals surface area (Å²) in [5.41, 5.74) is 0.493. The van der Waals surface area contributed by atoms with Crippen LogP contribution in [0.5, 0.6) is 5.75 Å². The lowest BCUT2D eigenvalue weighted by atomic mass is 10.1. The van der Waals surface area contributed by atoms with Crippen molar-refractivity contribution in [1.29, 1.82) is 0 Å². The Kier molecular flexibility index (Phi) is 7.63. The molecule has 1 fully saturated rings. The minimum atomic E-state index is -1.24. The van der Waals surface area contributed by atoms with Gasteiger partial charge in [-0.15, -0.1) is 0 Å². The molecule has 0 bridgehead atoms. The smallest absolute Gasteiger partial charge is 0.277 e. The molecule has 2 amide bonds. The third kappa shape index (κ3) is 5.84. The van der Waals surface area contributed by atoms with E-state index in [9.17, 15) is 14.1 Å². The highest BCUT2D eigenvalue weighted by Gasteiger charge is 2.23. The summed E-state index contributed by atoms with van der Waals surface area (Å²) < 4.78 is 18.0. The van der Waals surface area contributed by atoms with Crippen molar-refractivity contribution >= 4 is 46.1 Å². The molecule has 1 aliphatic heterocycles. The quantitative estimate of drug-likeness (QED) is 0.426. The number of benzene rings is 1. The molecular formula is C23H22ClN5O4S. The lowest BCUT2D eigenvalue weighted by Crippen LogP contribution is -2.23. The van der Waals surface area contributed by atoms with Crippen molar-refractivity contribution in [3.63, 3.8) is 0 Å². The number of rotatable bonds is 7. The van der Waals surface area contributed by atoms with Crippen LogP contribution >= 0.6 is 11.6 Å². The zero-order valence-electron chi connectivity index (χ0n) is 18.2. The van der Waals surface area contributed by atoms with Crippen LogP contribution in [-0.2, 0) is 11.2 Å². The number of carbonyl (C=O) groups excluding carboxylic acids is 2. The topological polar surface area (TPSA) is 128 Å². The SMILES string of the molecule is C[S+]([O-])c1ccc(C(=O)Nc2cccnc2C(=O)Nc2ccc(Cl)cn2)c(O[C@H]2CCNC2)c1. The van der Waals surface area contributed by atoms with E-state index in [1.54, 1.807) is 48.7 Å². The molecule has 3 N–H and O–H groups in total. The fourth-order valence-corrected chi connectivity index (χ4v) is 4.02. The minimum absolute atomic E-state index is 0.0151. The summed E-state index contributed by atoms with van der Waals surface area (Å²) in [5.74, 6) is -0.405. The number of aromatic nitrogens is 2. The number of hydrogen-bond donors (Lipinski definition) is 3. The average Bonchev–Trinajstić information content (AvgIpc) is 3.34. The average molecular weight is 500 g/mol. The van der Waals surface area contributed by atoms with E-state index in [0.29, 0.717) is 28.0 Å². The molecule has 1 saturated heterocycles. The molecule has 34 heavy (non-hydrogen) atoms. The van der Waals surface area contributed by atoms with Gasteiger partial charge in [0.2, 0.25) is 0 Å². The maximum Gasteiger partial charge on any atom is 0.277 e. The Morgan fingerprint density at radius 1 is 1.18 bits per heavy atom. The molecule has 1 aromatic carbocycles. The van der Waals surface area contributed by atoms with Crippen molar-refractivity contribution in [2.75, 3.05) is 30.0 Å². The fourth-order valence-electron chi connectivity index (χ4n) is 3.38. The number of nitrogens with one attached hydrogen (secondary N) is 3. The second-order valence-electron chi connectivity index (χ2n) is 7.51. The summed E-state index contributed by atoms with van der Waals surface area (Å²) >= 11 is 4.60. The predicted octanol–water partition coefficient (Wildman–Crippen LogP) is 3.11. The highest BCUT2D eigenvalue weighted by molar-refractivity contribution is 7.90. The van der Waals surface area contributed by atoms with Crippen molar-refractivity contribution in [1.82, 2.24) is 15.3 Å². The van der Waals surface area contributed by atoms with Gasteiger partial charge in [0.1, 0.15) is 23.9 Å². The van der Waals surface area contributed by atoms with E-state index in [1.165, 1.54) is 12.4 Å². The molecule has 176 valence electrons. The van der Waals surface area contributed by atoms with Crippen LogP contribution in [0.4, 0.5) is 11.5 Å². The number of nitrogens with zero attached hydrogens (tertiary/aromatic N) is 2. The van der Waals surface area contributed by atoms with Gasteiger partial charge in [-0.1, -0.05) is 11.6 Å². The Morgan fingerprint density at radius 3 is 2.74 bits per heavy atom. The molecule has 3 heterocycles. The van der Waals surface area contributed by atoms with Gasteiger partial charge in [-0.3, -0.25) is 9.59 Å². The van der Waals surface area contributed by atoms with Crippen LogP contribution in [0, 0.1) is 0 Å². The van der Waals surface area contributed by atoms with Crippen LogP contribution in [0.1, 0.15) is 27.3 Å². The molecule has 0 saturated carbocycles. The Labute approximate surface area is 204 Å². The summed E-state index contributed by atoms with van der Waals surface area (Å²) in [6.45, 7) is 1.48. The zero-order chi connectivity index (χ0) is 24.1. The van der Waals surface area contributed by atoms with Crippen LogP contribution in [0.25, 0.3) is 0 Å². The first kappa shape index (κ1) is 24.0. The lowest BCUT2D eigenvalue weighted by molar-refractivity contribution is 0.102. The standard InChI is InChI=1S/C23H22ClN5O4S/c1-34(32)16-5-6-17(19(11-16)33-15-8-10-25-13-15)22(30)28-18-3-2-9-26-21(18)23(31)29-20-7-4-14(24)12-27-20/h2-7,9,11-12,15,25H,8,10,13H2,1H3,(H,28,30)(H,27,29,31)/t15-,34?/m0/s1.